The average Bonchev–Trinajstić information content (AvgIpc) is 3.06. The molecule has 0 radical (unpaired) electrons. The number of nitrogens with zero attached hydrogens (tertiary/aromatic N) is 2. The normalized spacial score (nSPS) is 37.4. The van der Waals surface area contributed by atoms with E-state index in [0.29, 0.717) is 17.9 Å². The van der Waals surface area contributed by atoms with Crippen LogP contribution >= 0.6 is 0 Å². The van der Waals surface area contributed by atoms with Crippen molar-refractivity contribution in [3.63, 3.8) is 0 Å². The molecule has 4 unspecified atom stereocenters. The van der Waals surface area contributed by atoms with Crippen LogP contribution in [-0.4, -0.2) is 54.0 Å². The Morgan fingerprint density at radius 2 is 1.89 bits per heavy atom. The van der Waals surface area contributed by atoms with E-state index in [4.69, 9.17) is 5.73 Å². The molecule has 4 heteroatoms. The van der Waals surface area contributed by atoms with Crippen LogP contribution < -0.4 is 5.73 Å². The number of carbonyl (C=O) groups is 1. The predicted molar refractivity (Wildman–Crippen MR) is 75.7 cm³/mol. The first-order chi connectivity index (χ1) is 9.16. The molecular weight excluding hydrogens is 238 g/mol. The summed E-state index contributed by atoms with van der Waals surface area (Å²) in [5.41, 5.74) is 6.26. The molecule has 0 aromatic rings. The van der Waals surface area contributed by atoms with Crippen molar-refractivity contribution in [1.29, 1.82) is 0 Å². The van der Waals surface area contributed by atoms with Gasteiger partial charge in [0.1, 0.15) is 0 Å². The summed E-state index contributed by atoms with van der Waals surface area (Å²) in [4.78, 5) is 16.9. The summed E-state index contributed by atoms with van der Waals surface area (Å²) in [7, 11) is 0. The number of hydrogen-bond acceptors (Lipinski definition) is 3. The Labute approximate surface area is 116 Å². The lowest BCUT2D eigenvalue weighted by atomic mass is 9.78. The van der Waals surface area contributed by atoms with Gasteiger partial charge in [-0.2, -0.15) is 0 Å². The molecule has 2 saturated heterocycles. The maximum Gasteiger partial charge on any atom is 0.239 e. The van der Waals surface area contributed by atoms with E-state index in [-0.39, 0.29) is 6.04 Å². The molecule has 0 aromatic carbocycles. The number of nitrogens with two attached hydrogens (primary N) is 1. The maximum absolute atomic E-state index is 12.5. The van der Waals surface area contributed by atoms with Crippen molar-refractivity contribution < 1.29 is 4.79 Å². The Bertz CT molecular complexity index is 340. The summed E-state index contributed by atoms with van der Waals surface area (Å²) in [5, 5.41) is 0. The average molecular weight is 265 g/mol. The van der Waals surface area contributed by atoms with Crippen LogP contribution in [0, 0.1) is 11.8 Å². The van der Waals surface area contributed by atoms with Gasteiger partial charge in [0.2, 0.25) is 5.91 Å². The quantitative estimate of drug-likeness (QED) is 0.812. The molecule has 0 aromatic heterocycles. The van der Waals surface area contributed by atoms with Gasteiger partial charge in [0, 0.05) is 32.2 Å². The van der Waals surface area contributed by atoms with Crippen LogP contribution in [-0.2, 0) is 4.79 Å². The number of carbonyl (C=O) groups excluding carboxylic acids is 1. The number of rotatable bonds is 2. The highest BCUT2D eigenvalue weighted by atomic mass is 16.2. The maximum atomic E-state index is 12.5. The molecule has 2 aliphatic heterocycles. The predicted octanol–water partition coefficient (Wildman–Crippen LogP) is 1.06. The zero-order valence-electron chi connectivity index (χ0n) is 12.1. The van der Waals surface area contributed by atoms with E-state index >= 15 is 0 Å². The molecule has 1 saturated carbocycles. The van der Waals surface area contributed by atoms with Gasteiger partial charge < -0.3 is 10.6 Å². The highest BCUT2D eigenvalue weighted by molar-refractivity contribution is 5.81. The molecule has 2 heterocycles. The summed E-state index contributed by atoms with van der Waals surface area (Å²) in [6, 6.07) is 0.411. The Morgan fingerprint density at radius 1 is 1.16 bits per heavy atom. The standard InChI is InChI=1S/C15H27N3O/c1-11(15(19)17-7-2-3-8-17)18-9-12-5-4-6-14(16)13(12)10-18/h11-14H,2-10,16H2,1H3. The highest BCUT2D eigenvalue weighted by Gasteiger charge is 2.42. The van der Waals surface area contributed by atoms with Crippen LogP contribution in [0.3, 0.4) is 0 Å². The molecule has 0 bridgehead atoms. The second-order valence-electron chi connectivity index (χ2n) is 6.68. The third-order valence-corrected chi connectivity index (χ3v) is 5.51. The lowest BCUT2D eigenvalue weighted by Gasteiger charge is -2.30. The summed E-state index contributed by atoms with van der Waals surface area (Å²) in [5.74, 6) is 1.70. The Morgan fingerprint density at radius 3 is 2.58 bits per heavy atom. The van der Waals surface area contributed by atoms with Gasteiger partial charge in [-0.15, -0.1) is 0 Å². The number of fused-ring (bicyclic) bond motifs is 1. The van der Waals surface area contributed by atoms with Gasteiger partial charge in [-0.05, 0) is 44.4 Å². The van der Waals surface area contributed by atoms with Gasteiger partial charge in [-0.1, -0.05) is 6.42 Å². The fourth-order valence-corrected chi connectivity index (χ4v) is 4.23. The molecule has 4 nitrogen and oxygen atoms in total. The monoisotopic (exact) mass is 265 g/mol. The van der Waals surface area contributed by atoms with Crippen LogP contribution in [0.2, 0.25) is 0 Å². The van der Waals surface area contributed by atoms with Crippen LogP contribution in [0.4, 0.5) is 0 Å². The van der Waals surface area contributed by atoms with Crippen LogP contribution in [0.15, 0.2) is 0 Å². The summed E-state index contributed by atoms with van der Waals surface area (Å²) >= 11 is 0. The van der Waals surface area contributed by atoms with Crippen molar-refractivity contribution in [3.8, 4) is 0 Å². The zero-order valence-corrected chi connectivity index (χ0v) is 12.1. The van der Waals surface area contributed by atoms with Gasteiger partial charge in [0.05, 0.1) is 6.04 Å². The van der Waals surface area contributed by atoms with E-state index in [1.807, 2.05) is 4.90 Å². The summed E-state index contributed by atoms with van der Waals surface area (Å²) < 4.78 is 0. The van der Waals surface area contributed by atoms with E-state index < -0.39 is 0 Å². The fraction of sp³-hybridized carbons (Fsp3) is 0.933. The van der Waals surface area contributed by atoms with Gasteiger partial charge in [0.25, 0.3) is 0 Å². The first-order valence-electron chi connectivity index (χ1n) is 7.95. The molecule has 108 valence electrons. The molecule has 1 aliphatic carbocycles. The summed E-state index contributed by atoms with van der Waals surface area (Å²) in [6.07, 6.45) is 6.09. The van der Waals surface area contributed by atoms with Crippen LogP contribution in [0.1, 0.15) is 39.0 Å². The van der Waals surface area contributed by atoms with E-state index in [9.17, 15) is 4.79 Å². The van der Waals surface area contributed by atoms with E-state index in [2.05, 4.69) is 11.8 Å². The van der Waals surface area contributed by atoms with Crippen LogP contribution in [0.25, 0.3) is 0 Å². The third kappa shape index (κ3) is 2.52. The number of hydrogen-bond donors (Lipinski definition) is 1. The lowest BCUT2D eigenvalue weighted by molar-refractivity contribution is -0.135. The van der Waals surface area contributed by atoms with Crippen LogP contribution in [0.5, 0.6) is 0 Å². The number of amides is 1. The van der Waals surface area contributed by atoms with Gasteiger partial charge in [0.15, 0.2) is 0 Å². The van der Waals surface area contributed by atoms with Gasteiger partial charge in [-0.25, -0.2) is 0 Å². The molecule has 3 fully saturated rings. The second kappa shape index (κ2) is 5.41. The van der Waals surface area contributed by atoms with Crippen molar-refractivity contribution in [1.82, 2.24) is 9.80 Å². The third-order valence-electron chi connectivity index (χ3n) is 5.51. The van der Waals surface area contributed by atoms with Gasteiger partial charge >= 0.3 is 0 Å². The fourth-order valence-electron chi connectivity index (χ4n) is 4.23. The minimum atomic E-state index is 0.0518. The Kier molecular flexibility index (Phi) is 3.81. The minimum absolute atomic E-state index is 0.0518. The molecule has 3 rings (SSSR count). The minimum Gasteiger partial charge on any atom is -0.341 e. The first kappa shape index (κ1) is 13.4. The van der Waals surface area contributed by atoms with Crippen molar-refractivity contribution in [2.75, 3.05) is 26.2 Å². The van der Waals surface area contributed by atoms with E-state index in [0.717, 1.165) is 32.1 Å². The molecule has 1 amide bonds. The van der Waals surface area contributed by atoms with Crippen molar-refractivity contribution in [2.45, 2.75) is 51.1 Å². The lowest BCUT2D eigenvalue weighted by Crippen LogP contribution is -2.46. The highest BCUT2D eigenvalue weighted by Crippen LogP contribution is 2.36. The Hall–Kier alpha value is -0.610. The smallest absolute Gasteiger partial charge is 0.239 e. The first-order valence-corrected chi connectivity index (χ1v) is 7.95. The van der Waals surface area contributed by atoms with E-state index in [1.165, 1.54) is 32.1 Å². The van der Waals surface area contributed by atoms with Crippen molar-refractivity contribution in [2.24, 2.45) is 17.6 Å². The molecule has 0 spiro atoms. The van der Waals surface area contributed by atoms with Crippen molar-refractivity contribution >= 4 is 5.91 Å². The number of likely N-dealkylation sites (tertiary alicyclic amines) is 2. The summed E-state index contributed by atoms with van der Waals surface area (Å²) in [6.45, 7) is 6.13. The van der Waals surface area contributed by atoms with Gasteiger partial charge in [-0.3, -0.25) is 9.69 Å². The van der Waals surface area contributed by atoms with Crippen molar-refractivity contribution in [3.05, 3.63) is 0 Å². The van der Waals surface area contributed by atoms with E-state index in [1.54, 1.807) is 0 Å². The molecule has 2 N–H and O–H groups in total. The molecule has 3 aliphatic rings. The SMILES string of the molecule is CC(C(=O)N1CCCC1)N1CC2CCCC(N)C2C1. The second-order valence-corrected chi connectivity index (χ2v) is 6.68. The largest absolute Gasteiger partial charge is 0.341 e. The zero-order chi connectivity index (χ0) is 13.4. The molecule has 4 atom stereocenters. The Balaban J connectivity index is 1.61. The molecule has 19 heavy (non-hydrogen) atoms. The molecular formula is C15H27N3O. The topological polar surface area (TPSA) is 49.6 Å².